The van der Waals surface area contributed by atoms with Gasteiger partial charge in [0, 0.05) is 11.9 Å². The third-order valence-electron chi connectivity index (χ3n) is 3.97. The summed E-state index contributed by atoms with van der Waals surface area (Å²) in [5.74, 6) is 0. The van der Waals surface area contributed by atoms with Gasteiger partial charge in [0.2, 0.25) is 0 Å². The fourth-order valence-electron chi connectivity index (χ4n) is 3.26. The molecule has 0 saturated carbocycles. The summed E-state index contributed by atoms with van der Waals surface area (Å²) in [6, 6.07) is 1.69. The number of fused-ring (bicyclic) bond motifs is 2. The van der Waals surface area contributed by atoms with Gasteiger partial charge in [-0.25, -0.2) is 14.1 Å². The van der Waals surface area contributed by atoms with Crippen molar-refractivity contribution in [2.75, 3.05) is 11.6 Å². The van der Waals surface area contributed by atoms with Crippen LogP contribution in [0.3, 0.4) is 0 Å². The van der Waals surface area contributed by atoms with Gasteiger partial charge in [0.15, 0.2) is 0 Å². The molecular formula is C14H19N3O2S. The maximum Gasteiger partial charge on any atom is 0.354 e. The molecule has 20 heavy (non-hydrogen) atoms. The SMILES string of the molecule is CS(N)(=O)=NC(=O)Nc1c2c(cc3c1CCC3)CCC2. The molecule has 0 spiro atoms. The summed E-state index contributed by atoms with van der Waals surface area (Å²) >= 11 is 0. The highest BCUT2D eigenvalue weighted by molar-refractivity contribution is 7.91. The lowest BCUT2D eigenvalue weighted by molar-refractivity contribution is 0.260. The number of urea groups is 1. The highest BCUT2D eigenvalue weighted by Gasteiger charge is 2.24. The average Bonchev–Trinajstić information content (AvgIpc) is 2.93. The van der Waals surface area contributed by atoms with Gasteiger partial charge in [0.05, 0.1) is 0 Å². The normalized spacial score (nSPS) is 19.1. The number of amides is 2. The molecule has 3 N–H and O–H groups in total. The van der Waals surface area contributed by atoms with Crippen molar-refractivity contribution < 1.29 is 9.00 Å². The van der Waals surface area contributed by atoms with Crippen LogP contribution in [0.5, 0.6) is 0 Å². The number of anilines is 1. The molecule has 2 aliphatic rings. The van der Waals surface area contributed by atoms with Crippen LogP contribution in [-0.2, 0) is 35.6 Å². The minimum Gasteiger partial charge on any atom is -0.305 e. The topological polar surface area (TPSA) is 84.6 Å². The molecule has 0 aliphatic heterocycles. The van der Waals surface area contributed by atoms with E-state index in [4.69, 9.17) is 5.14 Å². The second-order valence-corrected chi connectivity index (χ2v) is 7.52. The molecule has 6 heteroatoms. The zero-order valence-corrected chi connectivity index (χ0v) is 12.4. The number of nitrogens with one attached hydrogen (secondary N) is 1. The monoisotopic (exact) mass is 293 g/mol. The van der Waals surface area contributed by atoms with Crippen LogP contribution in [0.1, 0.15) is 35.1 Å². The lowest BCUT2D eigenvalue weighted by Gasteiger charge is -2.14. The van der Waals surface area contributed by atoms with Crippen LogP contribution >= 0.6 is 0 Å². The lowest BCUT2D eigenvalue weighted by Crippen LogP contribution is -2.17. The average molecular weight is 293 g/mol. The first-order valence-electron chi connectivity index (χ1n) is 6.91. The summed E-state index contributed by atoms with van der Waals surface area (Å²) < 4.78 is 14.9. The maximum atomic E-state index is 11.9. The Bertz CT molecular complexity index is 663. The van der Waals surface area contributed by atoms with E-state index in [9.17, 15) is 9.00 Å². The van der Waals surface area contributed by atoms with E-state index in [0.717, 1.165) is 44.2 Å². The highest BCUT2D eigenvalue weighted by Crippen LogP contribution is 2.38. The van der Waals surface area contributed by atoms with Crippen LogP contribution in [0.4, 0.5) is 10.5 Å². The number of benzene rings is 1. The summed E-state index contributed by atoms with van der Waals surface area (Å²) in [4.78, 5) is 11.9. The molecule has 2 aliphatic carbocycles. The minimum atomic E-state index is -2.91. The first-order valence-corrected chi connectivity index (χ1v) is 8.90. The Balaban J connectivity index is 2.02. The van der Waals surface area contributed by atoms with Crippen LogP contribution in [0.25, 0.3) is 0 Å². The summed E-state index contributed by atoms with van der Waals surface area (Å²) in [7, 11) is -2.91. The van der Waals surface area contributed by atoms with E-state index in [2.05, 4.69) is 15.7 Å². The number of carbonyl (C=O) groups excluding carboxylic acids is 1. The molecule has 3 rings (SSSR count). The van der Waals surface area contributed by atoms with Gasteiger partial charge in [-0.2, -0.15) is 0 Å². The third-order valence-corrected chi connectivity index (χ3v) is 4.50. The Morgan fingerprint density at radius 3 is 2.25 bits per heavy atom. The van der Waals surface area contributed by atoms with Crippen LogP contribution in [0.15, 0.2) is 10.4 Å². The molecule has 1 unspecified atom stereocenters. The zero-order chi connectivity index (χ0) is 14.3. The molecule has 0 radical (unpaired) electrons. The molecule has 0 aromatic heterocycles. The van der Waals surface area contributed by atoms with Crippen molar-refractivity contribution in [3.63, 3.8) is 0 Å². The number of aryl methyl sites for hydroxylation is 2. The molecule has 0 fully saturated rings. The molecule has 1 aromatic carbocycles. The van der Waals surface area contributed by atoms with Gasteiger partial charge >= 0.3 is 6.03 Å². The summed E-state index contributed by atoms with van der Waals surface area (Å²) in [6.45, 7) is 0. The molecule has 2 amide bonds. The summed E-state index contributed by atoms with van der Waals surface area (Å²) in [6.07, 6.45) is 7.63. The van der Waals surface area contributed by atoms with Gasteiger partial charge in [-0.1, -0.05) is 6.07 Å². The summed E-state index contributed by atoms with van der Waals surface area (Å²) in [5, 5.41) is 8.15. The number of rotatable bonds is 1. The largest absolute Gasteiger partial charge is 0.354 e. The van der Waals surface area contributed by atoms with Crippen molar-refractivity contribution in [3.8, 4) is 0 Å². The molecule has 0 bridgehead atoms. The van der Waals surface area contributed by atoms with Crippen LogP contribution < -0.4 is 10.5 Å². The highest BCUT2D eigenvalue weighted by atomic mass is 32.2. The Morgan fingerprint density at radius 1 is 1.20 bits per heavy atom. The van der Waals surface area contributed by atoms with E-state index < -0.39 is 15.9 Å². The molecule has 0 heterocycles. The van der Waals surface area contributed by atoms with Crippen LogP contribution in [0.2, 0.25) is 0 Å². The Hall–Kier alpha value is -1.40. The van der Waals surface area contributed by atoms with Crippen molar-refractivity contribution in [1.29, 1.82) is 0 Å². The quantitative estimate of drug-likeness (QED) is 0.831. The van der Waals surface area contributed by atoms with Crippen molar-refractivity contribution in [2.24, 2.45) is 9.50 Å². The number of nitrogens with zero attached hydrogens (tertiary/aromatic N) is 1. The fourth-order valence-corrected chi connectivity index (χ4v) is 3.64. The van der Waals surface area contributed by atoms with Crippen molar-refractivity contribution in [2.45, 2.75) is 38.5 Å². The fraction of sp³-hybridized carbons (Fsp3) is 0.500. The van der Waals surface area contributed by atoms with Crippen LogP contribution in [-0.4, -0.2) is 16.5 Å². The van der Waals surface area contributed by atoms with Gasteiger partial charge in [-0.15, -0.1) is 4.36 Å². The van der Waals surface area contributed by atoms with Crippen LogP contribution in [0, 0.1) is 0 Å². The molecule has 1 atom stereocenters. The number of hydrogen-bond acceptors (Lipinski definition) is 2. The number of carbonyl (C=O) groups is 1. The van der Waals surface area contributed by atoms with Gasteiger partial charge < -0.3 is 5.32 Å². The third kappa shape index (κ3) is 2.58. The van der Waals surface area contributed by atoms with Crippen molar-refractivity contribution in [3.05, 3.63) is 28.3 Å². The predicted molar refractivity (Wildman–Crippen MR) is 80.2 cm³/mol. The van der Waals surface area contributed by atoms with Gasteiger partial charge in [0.1, 0.15) is 9.92 Å². The van der Waals surface area contributed by atoms with Gasteiger partial charge in [-0.3, -0.25) is 0 Å². The van der Waals surface area contributed by atoms with Gasteiger partial charge in [-0.05, 0) is 60.8 Å². The van der Waals surface area contributed by atoms with E-state index in [1.165, 1.54) is 28.5 Å². The van der Waals surface area contributed by atoms with E-state index in [1.54, 1.807) is 0 Å². The van der Waals surface area contributed by atoms with Gasteiger partial charge in [0.25, 0.3) is 0 Å². The first kappa shape index (κ1) is 13.6. The smallest absolute Gasteiger partial charge is 0.305 e. The Morgan fingerprint density at radius 2 is 1.75 bits per heavy atom. The predicted octanol–water partition coefficient (Wildman–Crippen LogP) is 2.17. The zero-order valence-electron chi connectivity index (χ0n) is 11.6. The van der Waals surface area contributed by atoms with E-state index in [1.807, 2.05) is 0 Å². The van der Waals surface area contributed by atoms with Crippen molar-refractivity contribution in [1.82, 2.24) is 0 Å². The Kier molecular flexibility index (Phi) is 3.30. The second-order valence-electron chi connectivity index (χ2n) is 5.62. The molecule has 1 aromatic rings. The number of nitrogens with two attached hydrogens (primary N) is 1. The molecule has 108 valence electrons. The van der Waals surface area contributed by atoms with E-state index in [0.29, 0.717) is 0 Å². The second kappa shape index (κ2) is 4.86. The Labute approximate surface area is 119 Å². The van der Waals surface area contributed by atoms with E-state index in [-0.39, 0.29) is 0 Å². The van der Waals surface area contributed by atoms with E-state index >= 15 is 0 Å². The number of hydrogen-bond donors (Lipinski definition) is 2. The van der Waals surface area contributed by atoms with Crippen molar-refractivity contribution >= 4 is 21.6 Å². The minimum absolute atomic E-state index is 0.602. The maximum absolute atomic E-state index is 11.9. The standard InChI is InChI=1S/C14H19N3O2S/c1-20(15,19)17-14(18)16-13-11-6-2-4-9(11)8-10-5-3-7-12(10)13/h8H,2-7H2,1H3,(H3,15,16,17,18,19). The molecule has 5 nitrogen and oxygen atoms in total. The summed E-state index contributed by atoms with van der Waals surface area (Å²) in [5.41, 5.74) is 6.05. The first-order chi connectivity index (χ1) is 9.44. The molecular weight excluding hydrogens is 274 g/mol. The lowest BCUT2D eigenvalue weighted by atomic mass is 9.99. The molecule has 0 saturated heterocycles.